The van der Waals surface area contributed by atoms with E-state index in [1.807, 2.05) is 60.7 Å². The molecule has 0 saturated heterocycles. The molecule has 4 rings (SSSR count). The highest BCUT2D eigenvalue weighted by Gasteiger charge is 2.17. The van der Waals surface area contributed by atoms with Crippen LogP contribution >= 0.6 is 22.7 Å². The maximum atomic E-state index is 12.3. The standard InChI is InChI=1S/C26H28N6O3S2/c33-20(17-19-11-5-2-6-12-19)24(35)28-26-32-30-23(37-26)14-8-7-13-22-29-31-25(36-22)27-21(34)16-15-18-9-3-1-4-10-18/h1-6,9-12,20,33H,7-8,13-17H2,(H,27,31,34)(H,28,32,35)/t20-/m0/s1. The average molecular weight is 537 g/mol. The van der Waals surface area contributed by atoms with Gasteiger partial charge >= 0.3 is 0 Å². The zero-order valence-corrected chi connectivity index (χ0v) is 21.8. The van der Waals surface area contributed by atoms with Gasteiger partial charge in [0.1, 0.15) is 16.1 Å². The Labute approximate surface area is 223 Å². The molecule has 2 heterocycles. The Morgan fingerprint density at radius 1 is 0.730 bits per heavy atom. The highest BCUT2D eigenvalue weighted by Crippen LogP contribution is 2.20. The zero-order valence-electron chi connectivity index (χ0n) is 20.2. The van der Waals surface area contributed by atoms with E-state index in [2.05, 4.69) is 31.0 Å². The topological polar surface area (TPSA) is 130 Å². The summed E-state index contributed by atoms with van der Waals surface area (Å²) in [7, 11) is 0. The maximum absolute atomic E-state index is 12.3. The summed E-state index contributed by atoms with van der Waals surface area (Å²) in [5.74, 6) is -0.566. The van der Waals surface area contributed by atoms with Crippen molar-refractivity contribution in [2.24, 2.45) is 0 Å². The number of nitrogens with one attached hydrogen (secondary N) is 2. The first-order valence-electron chi connectivity index (χ1n) is 12.1. The van der Waals surface area contributed by atoms with E-state index in [1.165, 1.54) is 22.7 Å². The Morgan fingerprint density at radius 3 is 1.86 bits per heavy atom. The summed E-state index contributed by atoms with van der Waals surface area (Å²) in [6.45, 7) is 0. The second-order valence-electron chi connectivity index (χ2n) is 8.44. The van der Waals surface area contributed by atoms with Crippen LogP contribution in [0, 0.1) is 0 Å². The van der Waals surface area contributed by atoms with Gasteiger partial charge in [-0.15, -0.1) is 20.4 Å². The summed E-state index contributed by atoms with van der Waals surface area (Å²) in [5, 5.41) is 34.6. The number of aromatic nitrogens is 4. The van der Waals surface area contributed by atoms with E-state index in [4.69, 9.17) is 0 Å². The van der Waals surface area contributed by atoms with Crippen LogP contribution in [0.2, 0.25) is 0 Å². The lowest BCUT2D eigenvalue weighted by molar-refractivity contribution is -0.124. The smallest absolute Gasteiger partial charge is 0.255 e. The zero-order chi connectivity index (χ0) is 25.9. The molecule has 37 heavy (non-hydrogen) atoms. The SMILES string of the molecule is O=C(CCc1ccccc1)Nc1nnc(CCCCc2nnc(NC(=O)[C@@H](O)Cc3ccccc3)s2)s1. The van der Waals surface area contributed by atoms with E-state index in [1.54, 1.807) is 0 Å². The summed E-state index contributed by atoms with van der Waals surface area (Å²) in [6.07, 6.45) is 3.40. The monoisotopic (exact) mass is 536 g/mol. The number of aliphatic hydroxyl groups excluding tert-OH is 1. The molecule has 2 aromatic carbocycles. The molecular weight excluding hydrogens is 508 g/mol. The van der Waals surface area contributed by atoms with Gasteiger partial charge in [0.05, 0.1) is 0 Å². The highest BCUT2D eigenvalue weighted by molar-refractivity contribution is 7.15. The van der Waals surface area contributed by atoms with Gasteiger partial charge in [-0.25, -0.2) is 0 Å². The summed E-state index contributed by atoms with van der Waals surface area (Å²) >= 11 is 2.70. The fourth-order valence-corrected chi connectivity index (χ4v) is 5.15. The number of carbonyl (C=O) groups excluding carboxylic acids is 2. The first-order chi connectivity index (χ1) is 18.0. The Bertz CT molecular complexity index is 1280. The normalized spacial score (nSPS) is 11.7. The molecule has 2 amide bonds. The number of benzene rings is 2. The van der Waals surface area contributed by atoms with Gasteiger partial charge in [-0.1, -0.05) is 83.3 Å². The van der Waals surface area contributed by atoms with Crippen LogP contribution in [0.5, 0.6) is 0 Å². The van der Waals surface area contributed by atoms with Gasteiger partial charge in [0.2, 0.25) is 16.2 Å². The number of aryl methyl sites for hydroxylation is 3. The fraction of sp³-hybridized carbons (Fsp3) is 0.308. The molecule has 0 bridgehead atoms. The van der Waals surface area contributed by atoms with Crippen LogP contribution in [0.1, 0.15) is 40.4 Å². The van der Waals surface area contributed by atoms with Gasteiger partial charge in [0.15, 0.2) is 0 Å². The molecule has 0 aliphatic heterocycles. The van der Waals surface area contributed by atoms with Crippen molar-refractivity contribution >= 4 is 44.8 Å². The van der Waals surface area contributed by atoms with E-state index >= 15 is 0 Å². The number of amides is 2. The van der Waals surface area contributed by atoms with Crippen LogP contribution in [0.3, 0.4) is 0 Å². The van der Waals surface area contributed by atoms with Gasteiger partial charge < -0.3 is 10.4 Å². The van der Waals surface area contributed by atoms with Crippen LogP contribution < -0.4 is 10.6 Å². The van der Waals surface area contributed by atoms with Crippen molar-refractivity contribution in [2.75, 3.05) is 10.6 Å². The van der Waals surface area contributed by atoms with Crippen molar-refractivity contribution in [3.8, 4) is 0 Å². The van der Waals surface area contributed by atoms with Crippen molar-refractivity contribution in [1.29, 1.82) is 0 Å². The molecule has 4 aromatic rings. The van der Waals surface area contributed by atoms with Crippen molar-refractivity contribution in [1.82, 2.24) is 20.4 Å². The number of hydrogen-bond donors (Lipinski definition) is 3. The fourth-order valence-electron chi connectivity index (χ4n) is 3.57. The largest absolute Gasteiger partial charge is 0.383 e. The number of hydrogen-bond acceptors (Lipinski definition) is 9. The predicted molar refractivity (Wildman–Crippen MR) is 145 cm³/mol. The van der Waals surface area contributed by atoms with Crippen molar-refractivity contribution in [2.45, 2.75) is 51.0 Å². The third-order valence-corrected chi connectivity index (χ3v) is 7.30. The second kappa shape index (κ2) is 13.7. The number of carbonyl (C=O) groups is 2. The Kier molecular flexibility index (Phi) is 9.81. The summed E-state index contributed by atoms with van der Waals surface area (Å²) in [5.41, 5.74) is 2.01. The van der Waals surface area contributed by atoms with E-state index in [0.29, 0.717) is 23.1 Å². The maximum Gasteiger partial charge on any atom is 0.255 e. The third kappa shape index (κ3) is 8.81. The number of aliphatic hydroxyl groups is 1. The number of rotatable bonds is 13. The lowest BCUT2D eigenvalue weighted by atomic mass is 10.1. The molecule has 3 N–H and O–H groups in total. The molecule has 0 aliphatic rings. The van der Waals surface area contributed by atoms with Crippen LogP contribution in [-0.2, 0) is 35.3 Å². The lowest BCUT2D eigenvalue weighted by Gasteiger charge is -2.09. The minimum atomic E-state index is -1.15. The first kappa shape index (κ1) is 26.5. The molecule has 11 heteroatoms. The van der Waals surface area contributed by atoms with Crippen LogP contribution in [0.15, 0.2) is 60.7 Å². The van der Waals surface area contributed by atoms with Crippen molar-refractivity contribution in [3.05, 3.63) is 81.8 Å². The molecule has 0 spiro atoms. The minimum Gasteiger partial charge on any atom is -0.383 e. The van der Waals surface area contributed by atoms with Crippen molar-refractivity contribution in [3.63, 3.8) is 0 Å². The minimum absolute atomic E-state index is 0.0710. The Balaban J connectivity index is 1.13. The molecule has 1 atom stereocenters. The molecule has 0 radical (unpaired) electrons. The van der Waals surface area contributed by atoms with Crippen LogP contribution in [0.4, 0.5) is 10.3 Å². The number of unbranched alkanes of at least 4 members (excludes halogenated alkanes) is 1. The molecule has 2 aromatic heterocycles. The van der Waals surface area contributed by atoms with Crippen LogP contribution in [-0.4, -0.2) is 43.4 Å². The summed E-state index contributed by atoms with van der Waals surface area (Å²) < 4.78 is 0. The summed E-state index contributed by atoms with van der Waals surface area (Å²) in [4.78, 5) is 24.4. The Morgan fingerprint density at radius 2 is 1.27 bits per heavy atom. The molecule has 192 valence electrons. The van der Waals surface area contributed by atoms with Crippen LogP contribution in [0.25, 0.3) is 0 Å². The predicted octanol–water partition coefficient (Wildman–Crippen LogP) is 4.07. The van der Waals surface area contributed by atoms with E-state index in [0.717, 1.165) is 46.8 Å². The van der Waals surface area contributed by atoms with Gasteiger partial charge in [0.25, 0.3) is 5.91 Å². The molecule has 0 unspecified atom stereocenters. The molecular formula is C26H28N6O3S2. The molecule has 9 nitrogen and oxygen atoms in total. The number of anilines is 2. The van der Waals surface area contributed by atoms with Gasteiger partial charge in [-0.05, 0) is 30.4 Å². The third-order valence-electron chi connectivity index (χ3n) is 5.50. The Hall–Kier alpha value is -3.54. The van der Waals surface area contributed by atoms with E-state index < -0.39 is 12.0 Å². The van der Waals surface area contributed by atoms with E-state index in [-0.39, 0.29) is 12.3 Å². The summed E-state index contributed by atoms with van der Waals surface area (Å²) in [6, 6.07) is 19.3. The first-order valence-corrected chi connectivity index (χ1v) is 13.7. The quantitative estimate of drug-likeness (QED) is 0.220. The molecule has 0 fully saturated rings. The van der Waals surface area contributed by atoms with Gasteiger partial charge in [-0.3, -0.25) is 14.9 Å². The van der Waals surface area contributed by atoms with E-state index in [9.17, 15) is 14.7 Å². The molecule has 0 aliphatic carbocycles. The highest BCUT2D eigenvalue weighted by atomic mass is 32.1. The van der Waals surface area contributed by atoms with Gasteiger partial charge in [-0.2, -0.15) is 0 Å². The average Bonchev–Trinajstić information content (AvgIpc) is 3.55. The van der Waals surface area contributed by atoms with Gasteiger partial charge in [0, 0.05) is 25.7 Å². The molecule has 0 saturated carbocycles. The number of nitrogens with zero attached hydrogens (tertiary/aromatic N) is 4. The second-order valence-corrected chi connectivity index (χ2v) is 10.6. The van der Waals surface area contributed by atoms with Crippen molar-refractivity contribution < 1.29 is 14.7 Å². The lowest BCUT2D eigenvalue weighted by Crippen LogP contribution is -2.29.